The van der Waals surface area contributed by atoms with E-state index in [1.807, 2.05) is 0 Å². The van der Waals surface area contributed by atoms with E-state index in [0.29, 0.717) is 0 Å². The van der Waals surface area contributed by atoms with Gasteiger partial charge in [0.2, 0.25) is 5.91 Å². The van der Waals surface area contributed by atoms with E-state index >= 15 is 0 Å². The van der Waals surface area contributed by atoms with Gasteiger partial charge in [-0.3, -0.25) is 4.79 Å². The molecular weight excluding hydrogens is 285 g/mol. The Hall–Kier alpha value is -2.07. The van der Waals surface area contributed by atoms with Crippen LogP contribution in [0.25, 0.3) is 0 Å². The molecule has 0 aromatic heterocycles. The molecule has 0 spiro atoms. The summed E-state index contributed by atoms with van der Waals surface area (Å²) in [6.45, 7) is 3.09. The first-order valence-corrected chi connectivity index (χ1v) is 6.31. The van der Waals surface area contributed by atoms with Crippen molar-refractivity contribution in [3.8, 4) is 6.07 Å². The highest BCUT2D eigenvalue weighted by molar-refractivity contribution is 5.98. The number of aliphatic hydroxyl groups excluding tert-OH is 1. The lowest BCUT2D eigenvalue weighted by Gasteiger charge is -2.24. The molecule has 0 aliphatic carbocycles. The van der Waals surface area contributed by atoms with E-state index in [-0.39, 0.29) is 5.69 Å². The fraction of sp³-hybridized carbons (Fsp3) is 0.429. The van der Waals surface area contributed by atoms with E-state index in [9.17, 15) is 23.1 Å². The van der Waals surface area contributed by atoms with Gasteiger partial charge in [0.25, 0.3) is 0 Å². The summed E-state index contributed by atoms with van der Waals surface area (Å²) in [5, 5.41) is 18.6. The molecule has 112 valence electrons. The maximum absolute atomic E-state index is 12.9. The normalized spacial score (nSPS) is 26.0. The zero-order valence-corrected chi connectivity index (χ0v) is 11.3. The van der Waals surface area contributed by atoms with Crippen molar-refractivity contribution in [1.29, 1.82) is 5.26 Å². The predicted molar refractivity (Wildman–Crippen MR) is 68.3 cm³/mol. The molecule has 1 fully saturated rings. The van der Waals surface area contributed by atoms with Crippen LogP contribution in [0.5, 0.6) is 0 Å². The lowest BCUT2D eigenvalue weighted by atomic mass is 10.0. The number of carbonyl (C=O) groups is 1. The average molecular weight is 298 g/mol. The summed E-state index contributed by atoms with van der Waals surface area (Å²) in [6.07, 6.45) is -5.63. The summed E-state index contributed by atoms with van der Waals surface area (Å²) in [5.41, 5.74) is -1.56. The minimum atomic E-state index is -4.68. The number of amides is 1. The van der Waals surface area contributed by atoms with E-state index < -0.39 is 41.3 Å². The number of benzene rings is 1. The van der Waals surface area contributed by atoms with Crippen molar-refractivity contribution in [2.24, 2.45) is 5.92 Å². The number of anilines is 1. The lowest BCUT2D eigenvalue weighted by molar-refractivity contribution is -0.137. The third-order valence-electron chi connectivity index (χ3n) is 3.75. The number of halogens is 3. The van der Waals surface area contributed by atoms with Gasteiger partial charge in [0.1, 0.15) is 0 Å². The van der Waals surface area contributed by atoms with Gasteiger partial charge in [0.15, 0.2) is 0 Å². The van der Waals surface area contributed by atoms with Crippen LogP contribution in [-0.2, 0) is 11.0 Å². The molecule has 0 bridgehead atoms. The summed E-state index contributed by atoms with van der Waals surface area (Å²) in [7, 11) is 0. The van der Waals surface area contributed by atoms with Gasteiger partial charge in [-0.1, -0.05) is 6.92 Å². The molecular formula is C14H13F3N2O2. The largest absolute Gasteiger partial charge is 0.417 e. The van der Waals surface area contributed by atoms with Gasteiger partial charge in [-0.25, -0.2) is 0 Å². The van der Waals surface area contributed by atoms with Crippen LogP contribution in [0.3, 0.4) is 0 Å². The SMILES string of the molecule is C[C@@H]1C(=O)N(c2ccc(C#N)c(C(F)(F)F)c2)[C@@H](C)[C@H]1O. The Labute approximate surface area is 119 Å². The third-order valence-corrected chi connectivity index (χ3v) is 3.75. The van der Waals surface area contributed by atoms with Crippen LogP contribution in [0.2, 0.25) is 0 Å². The lowest BCUT2D eigenvalue weighted by Crippen LogP contribution is -2.34. The highest BCUT2D eigenvalue weighted by Gasteiger charge is 2.44. The minimum absolute atomic E-state index is 0.0298. The van der Waals surface area contributed by atoms with E-state index in [0.717, 1.165) is 17.0 Å². The van der Waals surface area contributed by atoms with Crippen LogP contribution in [0, 0.1) is 17.2 Å². The smallest absolute Gasteiger partial charge is 0.390 e. The molecule has 0 unspecified atom stereocenters. The van der Waals surface area contributed by atoms with Gasteiger partial charge < -0.3 is 10.0 Å². The molecule has 3 atom stereocenters. The summed E-state index contributed by atoms with van der Waals surface area (Å²) < 4.78 is 38.8. The highest BCUT2D eigenvalue weighted by Crippen LogP contribution is 2.37. The van der Waals surface area contributed by atoms with E-state index in [4.69, 9.17) is 5.26 Å². The minimum Gasteiger partial charge on any atom is -0.390 e. The van der Waals surface area contributed by atoms with Crippen LogP contribution in [0.4, 0.5) is 18.9 Å². The number of nitriles is 1. The Morgan fingerprint density at radius 3 is 2.38 bits per heavy atom. The number of rotatable bonds is 1. The Morgan fingerprint density at radius 2 is 1.95 bits per heavy atom. The first-order chi connectivity index (χ1) is 9.68. The molecule has 4 nitrogen and oxygen atoms in total. The van der Waals surface area contributed by atoms with Gasteiger partial charge in [-0.05, 0) is 25.1 Å². The van der Waals surface area contributed by atoms with Gasteiger partial charge in [0, 0.05) is 5.69 Å². The number of alkyl halides is 3. The topological polar surface area (TPSA) is 64.3 Å². The van der Waals surface area contributed by atoms with Crippen molar-refractivity contribution in [3.05, 3.63) is 29.3 Å². The van der Waals surface area contributed by atoms with Crippen molar-refractivity contribution in [3.63, 3.8) is 0 Å². The molecule has 0 saturated carbocycles. The van der Waals surface area contributed by atoms with Gasteiger partial charge in [0.05, 0.1) is 35.3 Å². The van der Waals surface area contributed by atoms with Gasteiger partial charge in [-0.2, -0.15) is 18.4 Å². The summed E-state index contributed by atoms with van der Waals surface area (Å²) >= 11 is 0. The average Bonchev–Trinajstić information content (AvgIpc) is 2.61. The predicted octanol–water partition coefficient (Wildman–Crippen LogP) is 2.31. The summed E-state index contributed by atoms with van der Waals surface area (Å²) in [5.74, 6) is -1.11. The van der Waals surface area contributed by atoms with Crippen LogP contribution < -0.4 is 4.90 Å². The second kappa shape index (κ2) is 5.04. The standard InChI is InChI=1S/C14H13F3N2O2/c1-7-12(20)8(2)19(13(7)21)10-4-3-9(6-18)11(5-10)14(15,16)17/h3-5,7-8,12,20H,1-2H3/t7-,8-,12-/m0/s1. The Balaban J connectivity index is 2.52. The second-order valence-electron chi connectivity index (χ2n) is 5.07. The third kappa shape index (κ3) is 2.47. The first-order valence-electron chi connectivity index (χ1n) is 6.31. The zero-order valence-electron chi connectivity index (χ0n) is 11.3. The fourth-order valence-electron chi connectivity index (χ4n) is 2.51. The Kier molecular flexibility index (Phi) is 3.68. The molecule has 1 aromatic carbocycles. The maximum Gasteiger partial charge on any atom is 0.417 e. The monoisotopic (exact) mass is 298 g/mol. The van der Waals surface area contributed by atoms with Gasteiger partial charge in [-0.15, -0.1) is 0 Å². The summed E-state index contributed by atoms with van der Waals surface area (Å²) in [6, 6.07) is 3.96. The molecule has 21 heavy (non-hydrogen) atoms. The first kappa shape index (κ1) is 15.3. The zero-order chi connectivity index (χ0) is 15.9. The van der Waals surface area contributed by atoms with Crippen LogP contribution in [0.1, 0.15) is 25.0 Å². The van der Waals surface area contributed by atoms with Crippen molar-refractivity contribution in [1.82, 2.24) is 0 Å². The molecule has 2 rings (SSSR count). The van der Waals surface area contributed by atoms with E-state index in [1.54, 1.807) is 6.92 Å². The molecule has 1 aliphatic rings. The molecule has 0 radical (unpaired) electrons. The summed E-state index contributed by atoms with van der Waals surface area (Å²) in [4.78, 5) is 13.2. The number of hydrogen-bond acceptors (Lipinski definition) is 3. The van der Waals surface area contributed by atoms with E-state index in [1.165, 1.54) is 19.1 Å². The molecule has 1 saturated heterocycles. The highest BCUT2D eigenvalue weighted by atomic mass is 19.4. The van der Waals surface area contributed by atoms with Crippen LogP contribution in [0.15, 0.2) is 18.2 Å². The maximum atomic E-state index is 12.9. The Morgan fingerprint density at radius 1 is 1.33 bits per heavy atom. The van der Waals surface area contributed by atoms with Crippen LogP contribution >= 0.6 is 0 Å². The van der Waals surface area contributed by atoms with Crippen LogP contribution in [-0.4, -0.2) is 23.2 Å². The number of carbonyl (C=O) groups excluding carboxylic acids is 1. The van der Waals surface area contributed by atoms with Crippen molar-refractivity contribution in [2.75, 3.05) is 4.90 Å². The Bertz CT molecular complexity index is 622. The molecule has 1 aliphatic heterocycles. The molecule has 1 N–H and O–H groups in total. The molecule has 1 aromatic rings. The second-order valence-corrected chi connectivity index (χ2v) is 5.07. The number of nitrogens with zero attached hydrogens (tertiary/aromatic N) is 2. The number of aliphatic hydroxyl groups is 1. The van der Waals surface area contributed by atoms with Gasteiger partial charge >= 0.3 is 6.18 Å². The van der Waals surface area contributed by atoms with E-state index in [2.05, 4.69) is 0 Å². The molecule has 7 heteroatoms. The fourth-order valence-corrected chi connectivity index (χ4v) is 2.51. The van der Waals surface area contributed by atoms with Crippen molar-refractivity contribution >= 4 is 11.6 Å². The van der Waals surface area contributed by atoms with Crippen molar-refractivity contribution < 1.29 is 23.1 Å². The molecule has 1 amide bonds. The molecule has 1 heterocycles. The van der Waals surface area contributed by atoms with Crippen molar-refractivity contribution in [2.45, 2.75) is 32.2 Å². The number of hydrogen-bond donors (Lipinski definition) is 1. The quantitative estimate of drug-likeness (QED) is 0.865.